The molecule has 32 heavy (non-hydrogen) atoms. The Labute approximate surface area is 183 Å². The molecule has 1 N–H and O–H groups in total. The quantitative estimate of drug-likeness (QED) is 0.531. The highest BCUT2D eigenvalue weighted by Crippen LogP contribution is 2.41. The lowest BCUT2D eigenvalue weighted by atomic mass is 9.95. The molecule has 0 saturated heterocycles. The normalized spacial score (nSPS) is 13.2. The lowest BCUT2D eigenvalue weighted by molar-refractivity contribution is 0.0946. The van der Waals surface area contributed by atoms with Crippen LogP contribution >= 0.6 is 0 Å². The number of aromatic nitrogens is 4. The van der Waals surface area contributed by atoms with E-state index in [1.807, 2.05) is 24.6 Å². The first-order valence-electron chi connectivity index (χ1n) is 10.3. The molecule has 0 saturated carbocycles. The van der Waals surface area contributed by atoms with Crippen LogP contribution in [0.4, 0.5) is 8.78 Å². The summed E-state index contributed by atoms with van der Waals surface area (Å²) in [4.78, 5) is 16.9. The number of amides is 1. The number of carbonyl (C=O) groups excluding carboxylic acids is 1. The van der Waals surface area contributed by atoms with Gasteiger partial charge in [0.15, 0.2) is 5.82 Å². The first-order valence-corrected chi connectivity index (χ1v) is 10.3. The van der Waals surface area contributed by atoms with Gasteiger partial charge in [-0.05, 0) is 36.8 Å². The van der Waals surface area contributed by atoms with E-state index in [-0.39, 0.29) is 11.7 Å². The summed E-state index contributed by atoms with van der Waals surface area (Å²) in [7, 11) is 1.86. The second-order valence-corrected chi connectivity index (χ2v) is 7.90. The molecule has 0 fully saturated rings. The molecular formula is C24H21F2N5O. The topological polar surface area (TPSA) is 64.7 Å². The molecular weight excluding hydrogens is 412 g/mol. The predicted molar refractivity (Wildman–Crippen MR) is 116 cm³/mol. The largest absolute Gasteiger partial charge is 0.352 e. The number of hydrogen-bond acceptors (Lipinski definition) is 3. The van der Waals surface area contributed by atoms with Crippen molar-refractivity contribution in [2.75, 3.05) is 6.54 Å². The molecule has 1 amide bonds. The van der Waals surface area contributed by atoms with E-state index in [2.05, 4.69) is 15.4 Å². The van der Waals surface area contributed by atoms with Gasteiger partial charge in [0.05, 0.1) is 35.4 Å². The fourth-order valence-electron chi connectivity index (χ4n) is 4.45. The minimum atomic E-state index is -0.492. The van der Waals surface area contributed by atoms with Crippen LogP contribution in [0.25, 0.3) is 22.4 Å². The SMILES string of the molecule is Cc1cc(Cn2c3c(c(-c4ccc(F)cc4)c2-c2ccncc2F)C(=O)NCC3)n(C)n1. The number of benzene rings is 1. The molecule has 1 aliphatic heterocycles. The molecule has 4 heterocycles. The van der Waals surface area contributed by atoms with Crippen LogP contribution in [-0.4, -0.2) is 31.8 Å². The van der Waals surface area contributed by atoms with Crippen LogP contribution in [0, 0.1) is 18.6 Å². The number of rotatable bonds is 4. The average molecular weight is 433 g/mol. The van der Waals surface area contributed by atoms with Gasteiger partial charge in [-0.2, -0.15) is 5.10 Å². The van der Waals surface area contributed by atoms with Gasteiger partial charge in [0.2, 0.25) is 0 Å². The summed E-state index contributed by atoms with van der Waals surface area (Å²) in [5, 5.41) is 7.32. The van der Waals surface area contributed by atoms with E-state index in [9.17, 15) is 9.18 Å². The van der Waals surface area contributed by atoms with Gasteiger partial charge in [0.25, 0.3) is 5.91 Å². The monoisotopic (exact) mass is 433 g/mol. The van der Waals surface area contributed by atoms with Crippen LogP contribution in [0.5, 0.6) is 0 Å². The van der Waals surface area contributed by atoms with Crippen molar-refractivity contribution in [3.8, 4) is 22.4 Å². The predicted octanol–water partition coefficient (Wildman–Crippen LogP) is 3.87. The van der Waals surface area contributed by atoms with Gasteiger partial charge in [0.1, 0.15) is 5.82 Å². The molecule has 4 aromatic rings. The van der Waals surface area contributed by atoms with Crippen LogP contribution in [-0.2, 0) is 20.0 Å². The number of nitrogens with zero attached hydrogens (tertiary/aromatic N) is 4. The summed E-state index contributed by atoms with van der Waals surface area (Å²) in [6.07, 6.45) is 3.28. The van der Waals surface area contributed by atoms with Gasteiger partial charge in [-0.1, -0.05) is 12.1 Å². The second-order valence-electron chi connectivity index (χ2n) is 7.90. The maximum Gasteiger partial charge on any atom is 0.253 e. The molecule has 5 rings (SSSR count). The Balaban J connectivity index is 1.85. The lowest BCUT2D eigenvalue weighted by Gasteiger charge is -2.18. The molecule has 0 spiro atoms. The average Bonchev–Trinajstić information content (AvgIpc) is 3.26. The molecule has 0 unspecified atom stereocenters. The smallest absolute Gasteiger partial charge is 0.253 e. The Morgan fingerprint density at radius 2 is 1.91 bits per heavy atom. The Hall–Kier alpha value is -3.81. The van der Waals surface area contributed by atoms with Gasteiger partial charge < -0.3 is 9.88 Å². The molecule has 6 nitrogen and oxygen atoms in total. The number of nitrogens with one attached hydrogen (secondary N) is 1. The van der Waals surface area contributed by atoms with Crippen molar-refractivity contribution >= 4 is 5.91 Å². The third-order valence-corrected chi connectivity index (χ3v) is 5.83. The van der Waals surface area contributed by atoms with Gasteiger partial charge >= 0.3 is 0 Å². The van der Waals surface area contributed by atoms with Crippen molar-refractivity contribution in [2.24, 2.45) is 7.05 Å². The van der Waals surface area contributed by atoms with E-state index in [1.54, 1.807) is 22.9 Å². The first-order chi connectivity index (χ1) is 15.4. The van der Waals surface area contributed by atoms with Gasteiger partial charge in [0, 0.05) is 43.0 Å². The third-order valence-electron chi connectivity index (χ3n) is 5.83. The van der Waals surface area contributed by atoms with Crippen molar-refractivity contribution in [2.45, 2.75) is 19.9 Å². The number of fused-ring (bicyclic) bond motifs is 1. The van der Waals surface area contributed by atoms with Gasteiger partial charge in [-0.25, -0.2) is 8.78 Å². The Morgan fingerprint density at radius 3 is 2.59 bits per heavy atom. The second kappa shape index (κ2) is 7.71. The number of hydrogen-bond donors (Lipinski definition) is 1. The minimum absolute atomic E-state index is 0.221. The highest BCUT2D eigenvalue weighted by atomic mass is 19.1. The summed E-state index contributed by atoms with van der Waals surface area (Å²) in [5.41, 5.74) is 5.24. The Kier molecular flexibility index (Phi) is 4.84. The van der Waals surface area contributed by atoms with Crippen molar-refractivity contribution in [3.63, 3.8) is 0 Å². The van der Waals surface area contributed by atoms with Crippen LogP contribution in [0.3, 0.4) is 0 Å². The molecule has 8 heteroatoms. The van der Waals surface area contributed by atoms with E-state index in [4.69, 9.17) is 0 Å². The molecule has 1 aromatic carbocycles. The highest BCUT2D eigenvalue weighted by molar-refractivity contribution is 6.07. The number of aryl methyl sites for hydroxylation is 2. The van der Waals surface area contributed by atoms with Crippen molar-refractivity contribution in [3.05, 3.63) is 83.1 Å². The third kappa shape index (κ3) is 3.28. The molecule has 1 aliphatic rings. The zero-order valence-corrected chi connectivity index (χ0v) is 17.7. The fourth-order valence-corrected chi connectivity index (χ4v) is 4.45. The number of pyridine rings is 1. The zero-order chi connectivity index (χ0) is 22.4. The van der Waals surface area contributed by atoms with Gasteiger partial charge in [-0.15, -0.1) is 0 Å². The van der Waals surface area contributed by atoms with Crippen LogP contribution in [0.1, 0.15) is 27.4 Å². The van der Waals surface area contributed by atoms with Crippen molar-refractivity contribution in [1.82, 2.24) is 24.6 Å². The standard InChI is InChI=1S/C24H21F2N5O/c1-14-11-17(30(2)29-14)13-31-20-8-10-28-24(32)22(20)21(15-3-5-16(25)6-4-15)23(31)18-7-9-27-12-19(18)26/h3-7,9,11-12H,8,10,13H2,1-2H3,(H,28,32). The van der Waals surface area contributed by atoms with E-state index in [0.717, 1.165) is 23.3 Å². The minimum Gasteiger partial charge on any atom is -0.352 e. The lowest BCUT2D eigenvalue weighted by Crippen LogP contribution is -2.32. The van der Waals surface area contributed by atoms with Crippen molar-refractivity contribution < 1.29 is 13.6 Å². The van der Waals surface area contributed by atoms with Crippen molar-refractivity contribution in [1.29, 1.82) is 0 Å². The summed E-state index contributed by atoms with van der Waals surface area (Å²) in [6, 6.07) is 9.50. The first kappa shape index (κ1) is 20.1. The molecule has 0 atom stereocenters. The van der Waals surface area contributed by atoms with Gasteiger partial charge in [-0.3, -0.25) is 14.5 Å². The summed E-state index contributed by atoms with van der Waals surface area (Å²) in [6.45, 7) is 2.81. The Morgan fingerprint density at radius 1 is 1.12 bits per heavy atom. The zero-order valence-electron chi connectivity index (χ0n) is 17.7. The van der Waals surface area contributed by atoms with Crippen LogP contribution in [0.15, 0.2) is 48.8 Å². The molecule has 0 radical (unpaired) electrons. The summed E-state index contributed by atoms with van der Waals surface area (Å²) in [5.74, 6) is -1.09. The van der Waals surface area contributed by atoms with E-state index < -0.39 is 5.82 Å². The van der Waals surface area contributed by atoms with Crippen LogP contribution in [0.2, 0.25) is 0 Å². The highest BCUT2D eigenvalue weighted by Gasteiger charge is 2.32. The number of carbonyl (C=O) groups is 1. The van der Waals surface area contributed by atoms with E-state index in [0.29, 0.717) is 47.5 Å². The maximum absolute atomic E-state index is 15.0. The fraction of sp³-hybridized carbons (Fsp3) is 0.208. The molecule has 0 aliphatic carbocycles. The Bertz CT molecular complexity index is 1340. The van der Waals surface area contributed by atoms with E-state index >= 15 is 4.39 Å². The molecule has 3 aromatic heterocycles. The van der Waals surface area contributed by atoms with E-state index in [1.165, 1.54) is 18.3 Å². The molecule has 162 valence electrons. The molecule has 0 bridgehead atoms. The number of halogens is 2. The summed E-state index contributed by atoms with van der Waals surface area (Å²) < 4.78 is 32.5. The maximum atomic E-state index is 15.0. The summed E-state index contributed by atoms with van der Waals surface area (Å²) >= 11 is 0. The van der Waals surface area contributed by atoms with Crippen LogP contribution < -0.4 is 5.32 Å².